The van der Waals surface area contributed by atoms with Crippen LogP contribution >= 0.6 is 0 Å². The third kappa shape index (κ3) is 7.26. The topological polar surface area (TPSA) is 12.4 Å². The number of allylic oxidation sites excluding steroid dienone is 3. The summed E-state index contributed by atoms with van der Waals surface area (Å²) in [5, 5.41) is 0. The van der Waals surface area contributed by atoms with Crippen molar-refractivity contribution in [3.8, 4) is 0 Å². The molecule has 1 nitrogen and oxygen atoms in total. The van der Waals surface area contributed by atoms with Crippen molar-refractivity contribution in [3.63, 3.8) is 0 Å². The first-order chi connectivity index (χ1) is 5.66. The fourth-order valence-electron chi connectivity index (χ4n) is 0.710. The predicted molar refractivity (Wildman–Crippen MR) is 56.6 cm³/mol. The summed E-state index contributed by atoms with van der Waals surface area (Å²) in [6.45, 7) is 8.25. The lowest BCUT2D eigenvalue weighted by Crippen LogP contribution is -1.77. The SMILES string of the molecule is CCC/C=C/C(C)=C\N=C(C)C. The molecule has 0 aliphatic heterocycles. The minimum Gasteiger partial charge on any atom is -0.266 e. The van der Waals surface area contributed by atoms with E-state index in [0.29, 0.717) is 0 Å². The maximum Gasteiger partial charge on any atom is 0.0296 e. The Balaban J connectivity index is 3.93. The molecule has 0 saturated heterocycles. The highest BCUT2D eigenvalue weighted by atomic mass is 14.7. The van der Waals surface area contributed by atoms with Crippen molar-refractivity contribution < 1.29 is 0 Å². The van der Waals surface area contributed by atoms with Gasteiger partial charge < -0.3 is 0 Å². The molecule has 0 aliphatic carbocycles. The average Bonchev–Trinajstić information content (AvgIpc) is 2.01. The van der Waals surface area contributed by atoms with E-state index in [9.17, 15) is 0 Å². The number of aliphatic imine (C=N–C) groups is 1. The zero-order valence-electron chi connectivity index (χ0n) is 8.59. The van der Waals surface area contributed by atoms with Gasteiger partial charge in [0.1, 0.15) is 0 Å². The number of rotatable bonds is 4. The van der Waals surface area contributed by atoms with Crippen LogP contribution < -0.4 is 0 Å². The Morgan fingerprint density at radius 2 is 1.92 bits per heavy atom. The Bertz CT molecular complexity index is 193. The lowest BCUT2D eigenvalue weighted by Gasteiger charge is -1.89. The van der Waals surface area contributed by atoms with Gasteiger partial charge in [-0.05, 0) is 32.8 Å². The predicted octanol–water partition coefficient (Wildman–Crippen LogP) is 3.73. The molecule has 0 aliphatic rings. The first kappa shape index (κ1) is 11.2. The van der Waals surface area contributed by atoms with Crippen molar-refractivity contribution in [1.82, 2.24) is 0 Å². The van der Waals surface area contributed by atoms with E-state index in [-0.39, 0.29) is 0 Å². The van der Waals surface area contributed by atoms with E-state index in [0.717, 1.165) is 12.1 Å². The summed E-state index contributed by atoms with van der Waals surface area (Å²) in [4.78, 5) is 4.21. The molecule has 0 unspecified atom stereocenters. The highest BCUT2D eigenvalue weighted by molar-refractivity contribution is 5.79. The second-order valence-electron chi connectivity index (χ2n) is 3.14. The van der Waals surface area contributed by atoms with Gasteiger partial charge in [-0.1, -0.05) is 25.5 Å². The van der Waals surface area contributed by atoms with Crippen LogP contribution in [0.25, 0.3) is 0 Å². The van der Waals surface area contributed by atoms with E-state index in [2.05, 4.69) is 31.0 Å². The Morgan fingerprint density at radius 3 is 2.42 bits per heavy atom. The molecule has 0 N–H and O–H groups in total. The minimum atomic E-state index is 1.10. The largest absolute Gasteiger partial charge is 0.266 e. The maximum atomic E-state index is 4.21. The molecule has 1 heteroatoms. The van der Waals surface area contributed by atoms with E-state index in [4.69, 9.17) is 0 Å². The zero-order chi connectivity index (χ0) is 9.40. The highest BCUT2D eigenvalue weighted by Crippen LogP contribution is 1.98. The van der Waals surface area contributed by atoms with Gasteiger partial charge in [0.2, 0.25) is 0 Å². The normalized spacial score (nSPS) is 12.2. The molecule has 0 amide bonds. The van der Waals surface area contributed by atoms with Gasteiger partial charge in [-0.3, -0.25) is 4.99 Å². The lowest BCUT2D eigenvalue weighted by atomic mass is 10.2. The molecule has 0 bridgehead atoms. The van der Waals surface area contributed by atoms with Crippen LogP contribution in [0.15, 0.2) is 28.9 Å². The van der Waals surface area contributed by atoms with Crippen LogP contribution in [0.4, 0.5) is 0 Å². The van der Waals surface area contributed by atoms with Crippen molar-refractivity contribution in [2.45, 2.75) is 40.5 Å². The molecule has 0 rings (SSSR count). The van der Waals surface area contributed by atoms with Crippen LogP contribution in [0.5, 0.6) is 0 Å². The summed E-state index contributed by atoms with van der Waals surface area (Å²) < 4.78 is 0. The maximum absolute atomic E-state index is 4.21. The van der Waals surface area contributed by atoms with Crippen molar-refractivity contribution in [3.05, 3.63) is 23.9 Å². The number of hydrogen-bond acceptors (Lipinski definition) is 1. The van der Waals surface area contributed by atoms with Crippen LogP contribution in [-0.2, 0) is 0 Å². The van der Waals surface area contributed by atoms with Crippen molar-refractivity contribution >= 4 is 5.71 Å². The van der Waals surface area contributed by atoms with Gasteiger partial charge in [-0.25, -0.2) is 0 Å². The van der Waals surface area contributed by atoms with E-state index in [1.807, 2.05) is 20.0 Å². The lowest BCUT2D eigenvalue weighted by molar-refractivity contribution is 0.957. The molecule has 0 aromatic heterocycles. The zero-order valence-corrected chi connectivity index (χ0v) is 8.59. The van der Waals surface area contributed by atoms with Gasteiger partial charge in [-0.15, -0.1) is 0 Å². The van der Waals surface area contributed by atoms with Gasteiger partial charge in [0, 0.05) is 11.9 Å². The van der Waals surface area contributed by atoms with Crippen molar-refractivity contribution in [2.24, 2.45) is 4.99 Å². The first-order valence-corrected chi connectivity index (χ1v) is 4.51. The van der Waals surface area contributed by atoms with Crippen LogP contribution in [-0.4, -0.2) is 5.71 Å². The summed E-state index contributed by atoms with van der Waals surface area (Å²) in [5.74, 6) is 0. The Hall–Kier alpha value is -0.850. The van der Waals surface area contributed by atoms with Crippen LogP contribution in [0, 0.1) is 0 Å². The molecule has 0 fully saturated rings. The molecule has 12 heavy (non-hydrogen) atoms. The van der Waals surface area contributed by atoms with E-state index < -0.39 is 0 Å². The van der Waals surface area contributed by atoms with Crippen LogP contribution in [0.1, 0.15) is 40.5 Å². The summed E-state index contributed by atoms with van der Waals surface area (Å²) in [6.07, 6.45) is 8.57. The van der Waals surface area contributed by atoms with E-state index in [1.165, 1.54) is 12.0 Å². The van der Waals surface area contributed by atoms with Crippen LogP contribution in [0.2, 0.25) is 0 Å². The molecule has 0 aromatic carbocycles. The van der Waals surface area contributed by atoms with Gasteiger partial charge in [0.15, 0.2) is 0 Å². The summed E-state index contributed by atoms with van der Waals surface area (Å²) in [7, 11) is 0. The average molecular weight is 165 g/mol. The highest BCUT2D eigenvalue weighted by Gasteiger charge is 1.79. The first-order valence-electron chi connectivity index (χ1n) is 4.51. The van der Waals surface area contributed by atoms with Gasteiger partial charge >= 0.3 is 0 Å². The third-order valence-electron chi connectivity index (χ3n) is 1.36. The summed E-state index contributed by atoms with van der Waals surface area (Å²) in [6, 6.07) is 0. The molecule has 0 atom stereocenters. The Morgan fingerprint density at radius 1 is 1.25 bits per heavy atom. The van der Waals surface area contributed by atoms with Gasteiger partial charge in [0.25, 0.3) is 0 Å². The Kier molecular flexibility index (Phi) is 6.35. The number of unbranched alkanes of at least 4 members (excludes halogenated alkanes) is 1. The van der Waals surface area contributed by atoms with E-state index in [1.54, 1.807) is 0 Å². The molecular formula is C11H19N. The molecule has 68 valence electrons. The number of hydrogen-bond donors (Lipinski definition) is 0. The fraction of sp³-hybridized carbons (Fsp3) is 0.545. The molecule has 0 heterocycles. The minimum absolute atomic E-state index is 1.10. The van der Waals surface area contributed by atoms with E-state index >= 15 is 0 Å². The standard InChI is InChI=1S/C11H19N/c1-5-6-7-8-11(4)9-12-10(2)3/h7-9H,5-6H2,1-4H3/b8-7+,11-9-. The number of nitrogens with zero attached hydrogens (tertiary/aromatic N) is 1. The molecule has 0 aromatic rings. The van der Waals surface area contributed by atoms with Gasteiger partial charge in [-0.2, -0.15) is 0 Å². The second-order valence-corrected chi connectivity index (χ2v) is 3.14. The Labute approximate surface area is 75.9 Å². The van der Waals surface area contributed by atoms with Gasteiger partial charge in [0.05, 0.1) is 0 Å². The third-order valence-corrected chi connectivity index (χ3v) is 1.36. The summed E-state index contributed by atoms with van der Waals surface area (Å²) in [5.41, 5.74) is 2.31. The fourth-order valence-corrected chi connectivity index (χ4v) is 0.710. The smallest absolute Gasteiger partial charge is 0.0296 e. The summed E-state index contributed by atoms with van der Waals surface area (Å²) >= 11 is 0. The quantitative estimate of drug-likeness (QED) is 0.444. The molecule has 0 radical (unpaired) electrons. The van der Waals surface area contributed by atoms with Crippen LogP contribution in [0.3, 0.4) is 0 Å². The van der Waals surface area contributed by atoms with Crippen molar-refractivity contribution in [2.75, 3.05) is 0 Å². The molecule has 0 spiro atoms. The monoisotopic (exact) mass is 165 g/mol. The molecule has 0 saturated carbocycles. The molecular weight excluding hydrogens is 146 g/mol. The second kappa shape index (κ2) is 6.84. The van der Waals surface area contributed by atoms with Crippen molar-refractivity contribution in [1.29, 1.82) is 0 Å².